The van der Waals surface area contributed by atoms with Gasteiger partial charge in [0.25, 0.3) is 5.91 Å². The van der Waals surface area contributed by atoms with E-state index in [0.29, 0.717) is 23.0 Å². The smallest absolute Gasteiger partial charge is 0.254 e. The zero-order chi connectivity index (χ0) is 17.9. The van der Waals surface area contributed by atoms with E-state index < -0.39 is 9.84 Å². The summed E-state index contributed by atoms with van der Waals surface area (Å²) in [5, 5.41) is 0. The average molecular weight is 384 g/mol. The van der Waals surface area contributed by atoms with Gasteiger partial charge < -0.3 is 4.90 Å². The van der Waals surface area contributed by atoms with Crippen LogP contribution in [0.15, 0.2) is 47.9 Å². The zero-order valence-electron chi connectivity index (χ0n) is 13.5. The lowest BCUT2D eigenvalue weighted by molar-refractivity contribution is 0.0763. The Balaban J connectivity index is 2.37. The summed E-state index contributed by atoms with van der Waals surface area (Å²) in [5.74, 6) is -0.234. The third kappa shape index (κ3) is 4.47. The summed E-state index contributed by atoms with van der Waals surface area (Å²) in [6.45, 7) is 6.23. The molecule has 2 aromatic rings. The van der Waals surface area contributed by atoms with Crippen molar-refractivity contribution < 1.29 is 13.2 Å². The van der Waals surface area contributed by atoms with Gasteiger partial charge in [-0.15, -0.1) is 17.9 Å². The van der Waals surface area contributed by atoms with Crippen molar-refractivity contribution in [2.24, 2.45) is 0 Å². The first-order valence-electron chi connectivity index (χ1n) is 7.17. The summed E-state index contributed by atoms with van der Waals surface area (Å²) < 4.78 is 24.2. The summed E-state index contributed by atoms with van der Waals surface area (Å²) in [6, 6.07) is 8.25. The Morgan fingerprint density at radius 1 is 1.33 bits per heavy atom. The third-order valence-electron chi connectivity index (χ3n) is 3.48. The Labute approximate surface area is 151 Å². The van der Waals surface area contributed by atoms with Crippen molar-refractivity contribution in [3.8, 4) is 0 Å². The second-order valence-electron chi connectivity index (χ2n) is 5.43. The van der Waals surface area contributed by atoms with Crippen LogP contribution in [0, 0.1) is 6.92 Å². The monoisotopic (exact) mass is 383 g/mol. The molecule has 0 fully saturated rings. The molecule has 1 aromatic carbocycles. The van der Waals surface area contributed by atoms with Crippen LogP contribution in [0.5, 0.6) is 0 Å². The molecule has 24 heavy (non-hydrogen) atoms. The van der Waals surface area contributed by atoms with Gasteiger partial charge in [0.15, 0.2) is 9.84 Å². The SMILES string of the molecule is C=CCN(Cc1ccc(Cl)s1)C(=O)c1cc(S(C)(=O)=O)ccc1C. The normalized spacial score (nSPS) is 11.3. The van der Waals surface area contributed by atoms with Crippen LogP contribution in [-0.2, 0) is 16.4 Å². The van der Waals surface area contributed by atoms with Crippen LogP contribution in [0.1, 0.15) is 20.8 Å². The Morgan fingerprint density at radius 2 is 2.04 bits per heavy atom. The molecule has 0 bridgehead atoms. The Kier molecular flexibility index (Phi) is 5.85. The number of amides is 1. The fraction of sp³-hybridized carbons (Fsp3) is 0.235. The zero-order valence-corrected chi connectivity index (χ0v) is 15.8. The molecule has 0 radical (unpaired) electrons. The number of hydrogen-bond donors (Lipinski definition) is 0. The summed E-state index contributed by atoms with van der Waals surface area (Å²) in [4.78, 5) is 15.6. The Hall–Kier alpha value is -1.63. The predicted molar refractivity (Wildman–Crippen MR) is 98.6 cm³/mol. The average Bonchev–Trinajstić information content (AvgIpc) is 2.90. The third-order valence-corrected chi connectivity index (χ3v) is 5.81. The van der Waals surface area contributed by atoms with Crippen LogP contribution < -0.4 is 0 Å². The van der Waals surface area contributed by atoms with Crippen LogP contribution in [0.2, 0.25) is 4.34 Å². The number of nitrogens with zero attached hydrogens (tertiary/aromatic N) is 1. The Morgan fingerprint density at radius 3 is 2.58 bits per heavy atom. The topological polar surface area (TPSA) is 54.5 Å². The van der Waals surface area contributed by atoms with Gasteiger partial charge in [-0.3, -0.25) is 4.79 Å². The summed E-state index contributed by atoms with van der Waals surface area (Å²) >= 11 is 7.35. The van der Waals surface area contributed by atoms with E-state index >= 15 is 0 Å². The van der Waals surface area contributed by atoms with Crippen LogP contribution in [0.4, 0.5) is 0 Å². The molecule has 0 N–H and O–H groups in total. The van der Waals surface area contributed by atoms with E-state index in [1.807, 2.05) is 6.07 Å². The maximum absolute atomic E-state index is 12.9. The number of hydrogen-bond acceptors (Lipinski definition) is 4. The van der Waals surface area contributed by atoms with Crippen molar-refractivity contribution in [3.05, 3.63) is 63.3 Å². The fourth-order valence-electron chi connectivity index (χ4n) is 2.23. The number of carbonyl (C=O) groups excluding carboxylic acids is 1. The standard InChI is InChI=1S/C17H18ClNO3S2/c1-4-9-19(11-13-6-8-16(18)23-13)17(20)15-10-14(24(3,21)22)7-5-12(15)2/h4-8,10H,1,9,11H2,2-3H3. The first-order chi connectivity index (χ1) is 11.2. The van der Waals surface area contributed by atoms with Gasteiger partial charge in [-0.2, -0.15) is 0 Å². The Bertz CT molecular complexity index is 872. The molecule has 128 valence electrons. The van der Waals surface area contributed by atoms with Crippen molar-refractivity contribution in [3.63, 3.8) is 0 Å². The van der Waals surface area contributed by atoms with E-state index in [2.05, 4.69) is 6.58 Å². The molecule has 0 atom stereocenters. The van der Waals surface area contributed by atoms with Gasteiger partial charge in [0.2, 0.25) is 0 Å². The van der Waals surface area contributed by atoms with Gasteiger partial charge >= 0.3 is 0 Å². The van der Waals surface area contributed by atoms with Crippen LogP contribution >= 0.6 is 22.9 Å². The van der Waals surface area contributed by atoms with Crippen molar-refractivity contribution in [1.29, 1.82) is 0 Å². The molecule has 0 aliphatic carbocycles. The lowest BCUT2D eigenvalue weighted by Gasteiger charge is -2.21. The van der Waals surface area contributed by atoms with Gasteiger partial charge in [0.05, 0.1) is 15.8 Å². The summed E-state index contributed by atoms with van der Waals surface area (Å²) in [7, 11) is -3.38. The van der Waals surface area contributed by atoms with Gasteiger partial charge in [0.1, 0.15) is 0 Å². The highest BCUT2D eigenvalue weighted by molar-refractivity contribution is 7.90. The van der Waals surface area contributed by atoms with E-state index in [9.17, 15) is 13.2 Å². The van der Waals surface area contributed by atoms with Crippen LogP contribution in [-0.4, -0.2) is 32.0 Å². The number of rotatable bonds is 6. The number of halogens is 1. The number of thiophene rings is 1. The second-order valence-corrected chi connectivity index (χ2v) is 9.24. The number of benzene rings is 1. The number of aryl methyl sites for hydroxylation is 1. The van der Waals surface area contributed by atoms with E-state index in [-0.39, 0.29) is 10.8 Å². The molecule has 0 saturated carbocycles. The molecule has 7 heteroatoms. The highest BCUT2D eigenvalue weighted by Crippen LogP contribution is 2.24. The molecule has 1 aromatic heterocycles. The van der Waals surface area contributed by atoms with Crippen molar-refractivity contribution in [1.82, 2.24) is 4.90 Å². The van der Waals surface area contributed by atoms with E-state index in [0.717, 1.165) is 16.7 Å². The molecule has 2 rings (SSSR count). The fourth-order valence-corrected chi connectivity index (χ4v) is 3.98. The summed E-state index contributed by atoms with van der Waals surface area (Å²) in [5.41, 5.74) is 1.10. The van der Waals surface area contributed by atoms with Gasteiger partial charge in [-0.05, 0) is 36.8 Å². The molecule has 4 nitrogen and oxygen atoms in total. The largest absolute Gasteiger partial charge is 0.330 e. The van der Waals surface area contributed by atoms with Crippen molar-refractivity contribution in [2.45, 2.75) is 18.4 Å². The second kappa shape index (κ2) is 7.51. The molecular weight excluding hydrogens is 366 g/mol. The van der Waals surface area contributed by atoms with Gasteiger partial charge in [-0.25, -0.2) is 8.42 Å². The molecular formula is C17H18ClNO3S2. The minimum absolute atomic E-state index is 0.133. The quantitative estimate of drug-likeness (QED) is 0.710. The maximum atomic E-state index is 12.9. The maximum Gasteiger partial charge on any atom is 0.254 e. The predicted octanol–water partition coefficient (Wildman–Crippen LogP) is 3.94. The van der Waals surface area contributed by atoms with E-state index in [1.54, 1.807) is 30.0 Å². The molecule has 0 spiro atoms. The first-order valence-corrected chi connectivity index (χ1v) is 10.3. The van der Waals surface area contributed by atoms with Gasteiger partial charge in [-0.1, -0.05) is 23.7 Å². The highest BCUT2D eigenvalue weighted by atomic mass is 35.5. The van der Waals surface area contributed by atoms with E-state index in [1.165, 1.54) is 23.5 Å². The molecule has 0 aliphatic rings. The van der Waals surface area contributed by atoms with Crippen LogP contribution in [0.25, 0.3) is 0 Å². The molecule has 0 saturated heterocycles. The minimum atomic E-state index is -3.38. The highest BCUT2D eigenvalue weighted by Gasteiger charge is 2.20. The first kappa shape index (κ1) is 18.7. The molecule has 1 amide bonds. The van der Waals surface area contributed by atoms with Crippen LogP contribution in [0.3, 0.4) is 0 Å². The van der Waals surface area contributed by atoms with Gasteiger partial charge in [0, 0.05) is 23.2 Å². The molecule has 1 heterocycles. The lowest BCUT2D eigenvalue weighted by atomic mass is 10.1. The van der Waals surface area contributed by atoms with Crippen molar-refractivity contribution in [2.75, 3.05) is 12.8 Å². The minimum Gasteiger partial charge on any atom is -0.330 e. The van der Waals surface area contributed by atoms with Crippen molar-refractivity contribution >= 4 is 38.7 Å². The van der Waals surface area contributed by atoms with E-state index in [4.69, 9.17) is 11.6 Å². The number of sulfone groups is 1. The lowest BCUT2D eigenvalue weighted by Crippen LogP contribution is -2.31. The summed E-state index contributed by atoms with van der Waals surface area (Å²) in [6.07, 6.45) is 2.77. The molecule has 0 aliphatic heterocycles. The number of carbonyl (C=O) groups is 1. The molecule has 0 unspecified atom stereocenters.